The second kappa shape index (κ2) is 5.92. The van der Waals surface area contributed by atoms with E-state index in [-0.39, 0.29) is 11.4 Å². The van der Waals surface area contributed by atoms with Gasteiger partial charge in [-0.3, -0.25) is 0 Å². The zero-order valence-corrected chi connectivity index (χ0v) is 11.5. The van der Waals surface area contributed by atoms with Crippen LogP contribution in [-0.4, -0.2) is 19.4 Å². The van der Waals surface area contributed by atoms with Crippen molar-refractivity contribution in [2.24, 2.45) is 0 Å². The molecular weight excluding hydrogens is 321 g/mol. The molecule has 0 aliphatic heterocycles. The van der Waals surface area contributed by atoms with E-state index in [1.807, 2.05) is 42.5 Å². The van der Waals surface area contributed by atoms with Gasteiger partial charge in [0.15, 0.2) is 0 Å². The number of hydrogen-bond acceptors (Lipinski definition) is 1. The minimum absolute atomic E-state index is 0.0203. The predicted octanol–water partition coefficient (Wildman–Crippen LogP) is 4.85. The van der Waals surface area contributed by atoms with Gasteiger partial charge in [-0.25, -0.2) is 0 Å². The van der Waals surface area contributed by atoms with Gasteiger partial charge in [0, 0.05) is 0 Å². The van der Waals surface area contributed by atoms with E-state index < -0.39 is 12.8 Å². The van der Waals surface area contributed by atoms with Gasteiger partial charge in [-0.1, -0.05) is 58.4 Å². The quantitative estimate of drug-likeness (QED) is 0.727. The highest BCUT2D eigenvalue weighted by Gasteiger charge is 2.28. The zero-order chi connectivity index (χ0) is 13.9. The van der Waals surface area contributed by atoms with Crippen molar-refractivity contribution in [3.8, 4) is 0 Å². The Morgan fingerprint density at radius 1 is 1.05 bits per heavy atom. The van der Waals surface area contributed by atoms with Gasteiger partial charge in [0.25, 0.3) is 0 Å². The minimum Gasteiger partial charge on any atom is -0.371 e. The van der Waals surface area contributed by atoms with Crippen molar-refractivity contribution in [3.63, 3.8) is 0 Å². The molecule has 0 saturated heterocycles. The monoisotopic (exact) mass is 332 g/mol. The molecule has 0 N–H and O–H groups in total. The fraction of sp³-hybridized carbons (Fsp3) is 0.286. The highest BCUT2D eigenvalue weighted by atomic mass is 79.9. The Morgan fingerprint density at radius 2 is 1.74 bits per heavy atom. The number of hydrogen-bond donors (Lipinski definition) is 0. The van der Waals surface area contributed by atoms with E-state index in [1.165, 1.54) is 0 Å². The summed E-state index contributed by atoms with van der Waals surface area (Å²) in [6.07, 6.45) is -4.29. The maximum Gasteiger partial charge on any atom is 0.411 e. The van der Waals surface area contributed by atoms with Crippen molar-refractivity contribution >= 4 is 26.7 Å². The van der Waals surface area contributed by atoms with Gasteiger partial charge in [-0.15, -0.1) is 0 Å². The van der Waals surface area contributed by atoms with Gasteiger partial charge in [-0.2, -0.15) is 13.2 Å². The summed E-state index contributed by atoms with van der Waals surface area (Å²) in [5.74, 6) is 0. The molecule has 0 heterocycles. The van der Waals surface area contributed by atoms with Crippen LogP contribution in [-0.2, 0) is 4.74 Å². The third-order valence-electron chi connectivity index (χ3n) is 2.69. The molecule has 5 heteroatoms. The summed E-state index contributed by atoms with van der Waals surface area (Å²) in [4.78, 5) is -0.263. The van der Waals surface area contributed by atoms with Crippen molar-refractivity contribution in [1.82, 2.24) is 0 Å². The average molecular weight is 333 g/mol. The molecule has 2 rings (SSSR count). The van der Waals surface area contributed by atoms with E-state index >= 15 is 0 Å². The van der Waals surface area contributed by atoms with Crippen molar-refractivity contribution in [3.05, 3.63) is 48.0 Å². The molecule has 0 radical (unpaired) electrons. The fourth-order valence-corrected chi connectivity index (χ4v) is 2.48. The van der Waals surface area contributed by atoms with Crippen LogP contribution in [0.1, 0.15) is 10.4 Å². The standard InChI is InChI=1S/C14H12BrF3O/c15-13(8-19-9-14(16,17)18)12-7-3-5-10-4-1-2-6-11(10)12/h1-7,13H,8-9H2. The molecule has 0 aromatic heterocycles. The average Bonchev–Trinajstić information content (AvgIpc) is 2.36. The molecule has 2 aromatic carbocycles. The van der Waals surface area contributed by atoms with E-state index in [0.29, 0.717) is 0 Å². The Bertz CT molecular complexity index is 548. The number of ether oxygens (including phenoxy) is 1. The lowest BCUT2D eigenvalue weighted by molar-refractivity contribution is -0.173. The fourth-order valence-electron chi connectivity index (χ4n) is 1.89. The molecular formula is C14H12BrF3O. The molecule has 102 valence electrons. The first-order chi connectivity index (χ1) is 8.97. The second-order valence-electron chi connectivity index (χ2n) is 4.17. The molecule has 19 heavy (non-hydrogen) atoms. The van der Waals surface area contributed by atoms with E-state index in [0.717, 1.165) is 16.3 Å². The van der Waals surface area contributed by atoms with Gasteiger partial charge in [-0.05, 0) is 16.3 Å². The molecule has 0 amide bonds. The molecule has 0 fully saturated rings. The molecule has 1 unspecified atom stereocenters. The normalized spacial score (nSPS) is 13.7. The molecule has 1 nitrogen and oxygen atoms in total. The molecule has 0 aliphatic rings. The number of rotatable bonds is 4. The third-order valence-corrected chi connectivity index (χ3v) is 3.45. The van der Waals surface area contributed by atoms with Crippen LogP contribution in [0, 0.1) is 0 Å². The van der Waals surface area contributed by atoms with E-state index in [9.17, 15) is 13.2 Å². The van der Waals surface area contributed by atoms with Crippen LogP contribution in [0.4, 0.5) is 13.2 Å². The van der Waals surface area contributed by atoms with Gasteiger partial charge in [0.2, 0.25) is 0 Å². The molecule has 1 atom stereocenters. The summed E-state index contributed by atoms with van der Waals surface area (Å²) in [6, 6.07) is 13.5. The van der Waals surface area contributed by atoms with E-state index in [2.05, 4.69) is 15.9 Å². The first-order valence-corrected chi connectivity index (χ1v) is 6.65. The van der Waals surface area contributed by atoms with E-state index in [4.69, 9.17) is 4.74 Å². The van der Waals surface area contributed by atoms with Gasteiger partial charge < -0.3 is 4.74 Å². The topological polar surface area (TPSA) is 9.23 Å². The Kier molecular flexibility index (Phi) is 4.47. The van der Waals surface area contributed by atoms with Crippen LogP contribution < -0.4 is 0 Å². The number of alkyl halides is 4. The van der Waals surface area contributed by atoms with Crippen molar-refractivity contribution in [2.45, 2.75) is 11.0 Å². The number of benzene rings is 2. The summed E-state index contributed by atoms with van der Waals surface area (Å²) in [5.41, 5.74) is 0.931. The van der Waals surface area contributed by atoms with Crippen LogP contribution >= 0.6 is 15.9 Å². The van der Waals surface area contributed by atoms with Gasteiger partial charge in [0.1, 0.15) is 6.61 Å². The largest absolute Gasteiger partial charge is 0.411 e. The smallest absolute Gasteiger partial charge is 0.371 e. The van der Waals surface area contributed by atoms with Crippen molar-refractivity contribution in [1.29, 1.82) is 0 Å². The molecule has 0 aliphatic carbocycles. The summed E-state index contributed by atoms with van der Waals surface area (Å²) < 4.78 is 40.8. The lowest BCUT2D eigenvalue weighted by atomic mass is 10.0. The molecule has 0 bridgehead atoms. The first kappa shape index (κ1) is 14.3. The number of halogens is 4. The van der Waals surface area contributed by atoms with Gasteiger partial charge >= 0.3 is 6.18 Å². The van der Waals surface area contributed by atoms with Crippen LogP contribution in [0.5, 0.6) is 0 Å². The Hall–Kier alpha value is -1.07. The van der Waals surface area contributed by atoms with Gasteiger partial charge in [0.05, 0.1) is 11.4 Å². The summed E-state index contributed by atoms with van der Waals surface area (Å²) in [6.45, 7) is -1.24. The SMILES string of the molecule is FC(F)(F)COCC(Br)c1cccc2ccccc12. The maximum atomic E-state index is 12.0. The van der Waals surface area contributed by atoms with Crippen LogP contribution in [0.25, 0.3) is 10.8 Å². The lowest BCUT2D eigenvalue weighted by Crippen LogP contribution is -2.18. The first-order valence-electron chi connectivity index (χ1n) is 5.73. The summed E-state index contributed by atoms with van der Waals surface area (Å²) >= 11 is 3.38. The third kappa shape index (κ3) is 3.94. The Labute approximate surface area is 117 Å². The maximum absolute atomic E-state index is 12.0. The Balaban J connectivity index is 2.11. The number of fused-ring (bicyclic) bond motifs is 1. The minimum atomic E-state index is -4.29. The lowest BCUT2D eigenvalue weighted by Gasteiger charge is -2.14. The molecule has 0 saturated carbocycles. The Morgan fingerprint density at radius 3 is 2.47 bits per heavy atom. The molecule has 0 spiro atoms. The van der Waals surface area contributed by atoms with Crippen molar-refractivity contribution < 1.29 is 17.9 Å². The summed E-state index contributed by atoms with van der Waals surface area (Å²) in [7, 11) is 0. The second-order valence-corrected chi connectivity index (χ2v) is 5.27. The highest BCUT2D eigenvalue weighted by Crippen LogP contribution is 2.30. The molecule has 2 aromatic rings. The predicted molar refractivity (Wildman–Crippen MR) is 72.5 cm³/mol. The van der Waals surface area contributed by atoms with Crippen LogP contribution in [0.15, 0.2) is 42.5 Å². The van der Waals surface area contributed by atoms with Crippen LogP contribution in [0.3, 0.4) is 0 Å². The van der Waals surface area contributed by atoms with E-state index in [1.54, 1.807) is 0 Å². The highest BCUT2D eigenvalue weighted by molar-refractivity contribution is 9.09. The zero-order valence-electron chi connectivity index (χ0n) is 9.95. The summed E-state index contributed by atoms with van der Waals surface area (Å²) in [5, 5.41) is 2.07. The van der Waals surface area contributed by atoms with Crippen LogP contribution in [0.2, 0.25) is 0 Å². The van der Waals surface area contributed by atoms with Crippen molar-refractivity contribution in [2.75, 3.05) is 13.2 Å².